The Labute approximate surface area is 379 Å². The standard InChI is InChI=1S/C48H63N3O6S4/c1-10-45(7,11-2)28-48(14-5,15-6)29-50-41(55)39(60-44(50)58)42-49(27-38(52)53)40(54)37(59-42)26-30-19-24-36-34(25-30)33-17-16-18-35(33)51(36)31-20-22-32(23-21-31)61-47(9,13-4)46(8,12-3)43(56)57/h19-26,33,35H,10-18,27-29H2,1-9H3,(H,52,53)(H,56,57)/b37-26-,42-39+. The molecule has 2 fully saturated rings. The lowest BCUT2D eigenvalue weighted by Gasteiger charge is -2.42. The molecule has 3 heterocycles. The van der Waals surface area contributed by atoms with Gasteiger partial charge in [-0.15, -0.1) is 23.1 Å². The molecule has 0 spiro atoms. The van der Waals surface area contributed by atoms with Crippen LogP contribution in [0.1, 0.15) is 144 Å². The molecule has 1 aromatic heterocycles. The van der Waals surface area contributed by atoms with E-state index >= 15 is 0 Å². The lowest BCUT2D eigenvalue weighted by Crippen LogP contribution is -2.46. The highest BCUT2D eigenvalue weighted by Gasteiger charge is 2.49. The number of thiocarbonyl (C=S) groups is 1. The van der Waals surface area contributed by atoms with Crippen molar-refractivity contribution in [3.8, 4) is 0 Å². The molecule has 13 heteroatoms. The molecule has 0 bridgehead atoms. The number of carboxylic acid groups (broad SMARTS) is 2. The fourth-order valence-electron chi connectivity index (χ4n) is 9.86. The number of aromatic nitrogens is 1. The predicted molar refractivity (Wildman–Crippen MR) is 257 cm³/mol. The van der Waals surface area contributed by atoms with Crippen LogP contribution in [0.2, 0.25) is 0 Å². The van der Waals surface area contributed by atoms with E-state index in [2.05, 4.69) is 89.8 Å². The maximum atomic E-state index is 14.3. The van der Waals surface area contributed by atoms with Gasteiger partial charge < -0.3 is 15.1 Å². The molecule has 4 atom stereocenters. The summed E-state index contributed by atoms with van der Waals surface area (Å²) in [6.45, 7) is 19.0. The summed E-state index contributed by atoms with van der Waals surface area (Å²) in [6.07, 6.45) is 11.2. The number of fused-ring (bicyclic) bond motifs is 3. The highest BCUT2D eigenvalue weighted by Crippen LogP contribution is 2.54. The highest BCUT2D eigenvalue weighted by molar-refractivity contribution is 8.30. The number of rotatable bonds is 18. The number of anilines is 2. The Balaban J connectivity index is 1.34. The van der Waals surface area contributed by atoms with Gasteiger partial charge in [0.05, 0.1) is 9.95 Å². The summed E-state index contributed by atoms with van der Waals surface area (Å²) in [4.78, 5) is 58.4. The van der Waals surface area contributed by atoms with Crippen LogP contribution >= 0.6 is 47.1 Å². The number of hydrogen-bond acceptors (Lipinski definition) is 9. The molecule has 2 N–H and O–H groups in total. The molecule has 3 aliphatic rings. The second kappa shape index (κ2) is 18.4. The van der Waals surface area contributed by atoms with Crippen LogP contribution in [0.5, 0.6) is 0 Å². The minimum atomic E-state index is -1.16. The molecule has 0 radical (unpaired) electrons. The topological polar surface area (TPSA) is 120 Å². The fraction of sp³-hybridized carbons (Fsp3) is 0.562. The number of nitrogens with zero attached hydrogens (tertiary/aromatic N) is 3. The zero-order valence-corrected chi connectivity index (χ0v) is 40.5. The van der Waals surface area contributed by atoms with E-state index in [1.54, 1.807) is 16.7 Å². The van der Waals surface area contributed by atoms with Gasteiger partial charge in [0.15, 0.2) is 0 Å². The predicted octanol–water partition coefficient (Wildman–Crippen LogP) is 10.4. The Hall–Kier alpha value is -3.39. The number of thioether (sulfide) groups is 2. The Morgan fingerprint density at radius 3 is 2.15 bits per heavy atom. The Kier molecular flexibility index (Phi) is 14.2. The number of hydrogen-bond donors (Lipinski definition) is 2. The summed E-state index contributed by atoms with van der Waals surface area (Å²) in [5.74, 6) is -1.87. The van der Waals surface area contributed by atoms with Crippen LogP contribution in [0.3, 0.4) is 0 Å². The average molecular weight is 906 g/mol. The normalized spacial score (nSPS) is 21.2. The first-order valence-corrected chi connectivity index (χ1v) is 24.9. The smallest absolute Gasteiger partial charge is 0.323 e. The van der Waals surface area contributed by atoms with Crippen molar-refractivity contribution in [2.75, 3.05) is 11.4 Å². The van der Waals surface area contributed by atoms with Gasteiger partial charge in [-0.25, -0.2) is 0 Å². The van der Waals surface area contributed by atoms with E-state index in [-0.39, 0.29) is 16.7 Å². The first kappa shape index (κ1) is 47.1. The zero-order valence-electron chi connectivity index (χ0n) is 37.3. The van der Waals surface area contributed by atoms with Crippen molar-refractivity contribution >= 4 is 91.6 Å². The quantitative estimate of drug-likeness (QED) is 0.0943. The third-order valence-corrected chi connectivity index (χ3v) is 19.4. The van der Waals surface area contributed by atoms with Crippen LogP contribution in [-0.2, 0) is 20.9 Å². The number of benzene rings is 2. The van der Waals surface area contributed by atoms with E-state index in [0.717, 1.165) is 91.0 Å². The molecule has 2 aliphatic heterocycles. The van der Waals surface area contributed by atoms with E-state index in [4.69, 9.17) is 12.2 Å². The van der Waals surface area contributed by atoms with Crippen LogP contribution in [-0.4, -0.2) is 59.2 Å². The van der Waals surface area contributed by atoms with Crippen LogP contribution in [0.4, 0.5) is 11.4 Å². The minimum Gasteiger partial charge on any atom is -0.481 e. The van der Waals surface area contributed by atoms with Crippen molar-refractivity contribution in [3.05, 3.63) is 73.1 Å². The molecule has 1 saturated carbocycles. The van der Waals surface area contributed by atoms with Crippen molar-refractivity contribution in [2.24, 2.45) is 16.2 Å². The number of carboxylic acids is 2. The molecule has 1 aliphatic carbocycles. The molecule has 9 nitrogen and oxygen atoms in total. The van der Waals surface area contributed by atoms with Gasteiger partial charge in [0.2, 0.25) is 0 Å². The van der Waals surface area contributed by atoms with E-state index in [0.29, 0.717) is 43.3 Å². The van der Waals surface area contributed by atoms with Crippen LogP contribution in [0.25, 0.3) is 11.0 Å². The molecular formula is C48H63N3O6S4. The molecule has 4 unspecified atom stereocenters. The van der Waals surface area contributed by atoms with Gasteiger partial charge in [0.1, 0.15) is 20.4 Å². The monoisotopic (exact) mass is 905 g/mol. The summed E-state index contributed by atoms with van der Waals surface area (Å²) < 4.78 is 1.87. The minimum absolute atomic E-state index is 0.132. The SMILES string of the molecule is CCC(C)(CC)CC(CC)(CC)CN1C(=O)/C(=c2\s/c(=C\c3ccc4c(c3)C3CCCC3N4c3ccc(SC(C)(CC)C(C)(CC)C(=O)O)cc3)c(=O)n2CC(=O)O)SC1=S. The summed E-state index contributed by atoms with van der Waals surface area (Å²) >= 11 is 9.80. The summed E-state index contributed by atoms with van der Waals surface area (Å²) in [5.41, 5.74) is 2.99. The Bertz CT molecular complexity index is 2360. The van der Waals surface area contributed by atoms with E-state index in [1.807, 2.05) is 26.0 Å². The molecule has 330 valence electrons. The molecule has 3 aromatic rings. The van der Waals surface area contributed by atoms with Crippen LogP contribution in [0, 0.1) is 16.2 Å². The number of aliphatic carboxylic acids is 2. The summed E-state index contributed by atoms with van der Waals surface area (Å²) in [5, 5.41) is 20.1. The summed E-state index contributed by atoms with van der Waals surface area (Å²) in [6, 6.07) is 15.1. The Morgan fingerprint density at radius 2 is 1.57 bits per heavy atom. The van der Waals surface area contributed by atoms with Crippen LogP contribution < -0.4 is 19.7 Å². The maximum absolute atomic E-state index is 14.3. The number of thiazole rings is 1. The van der Waals surface area contributed by atoms with Crippen molar-refractivity contribution in [2.45, 2.75) is 155 Å². The van der Waals surface area contributed by atoms with Crippen molar-refractivity contribution < 1.29 is 24.6 Å². The second-order valence-corrected chi connectivity index (χ2v) is 22.4. The van der Waals surface area contributed by atoms with Gasteiger partial charge >= 0.3 is 11.9 Å². The number of amides is 1. The van der Waals surface area contributed by atoms with Crippen LogP contribution in [0.15, 0.2) is 52.2 Å². The third kappa shape index (κ3) is 8.79. The largest absolute Gasteiger partial charge is 0.481 e. The van der Waals surface area contributed by atoms with Gasteiger partial charge in [0, 0.05) is 39.5 Å². The average Bonchev–Trinajstić information content (AvgIpc) is 3.99. The van der Waals surface area contributed by atoms with Gasteiger partial charge in [-0.2, -0.15) is 0 Å². The molecule has 1 amide bonds. The van der Waals surface area contributed by atoms with Crippen molar-refractivity contribution in [1.29, 1.82) is 0 Å². The number of carbonyl (C=O) groups is 3. The van der Waals surface area contributed by atoms with Gasteiger partial charge in [-0.3, -0.25) is 28.6 Å². The Morgan fingerprint density at radius 1 is 0.902 bits per heavy atom. The van der Waals surface area contributed by atoms with Crippen molar-refractivity contribution in [3.63, 3.8) is 0 Å². The lowest BCUT2D eigenvalue weighted by atomic mass is 9.66. The van der Waals surface area contributed by atoms with E-state index in [1.165, 1.54) is 21.9 Å². The maximum Gasteiger partial charge on any atom is 0.323 e. The lowest BCUT2D eigenvalue weighted by molar-refractivity contribution is -0.150. The molecule has 61 heavy (non-hydrogen) atoms. The van der Waals surface area contributed by atoms with Gasteiger partial charge in [-0.05, 0) is 123 Å². The third-order valence-electron chi connectivity index (χ3n) is 15.0. The first-order valence-electron chi connectivity index (χ1n) is 22.0. The number of carbonyl (C=O) groups excluding carboxylic acids is 1. The zero-order chi connectivity index (χ0) is 44.7. The highest BCUT2D eigenvalue weighted by atomic mass is 32.2. The summed E-state index contributed by atoms with van der Waals surface area (Å²) in [7, 11) is 0. The first-order chi connectivity index (χ1) is 28.9. The molecule has 6 rings (SSSR count). The van der Waals surface area contributed by atoms with Gasteiger partial charge in [0.25, 0.3) is 11.5 Å². The van der Waals surface area contributed by atoms with E-state index in [9.17, 15) is 29.4 Å². The molecule has 2 aromatic carbocycles. The second-order valence-electron chi connectivity index (χ2n) is 18.2. The van der Waals surface area contributed by atoms with E-state index < -0.39 is 34.2 Å². The molecular weight excluding hydrogens is 843 g/mol. The van der Waals surface area contributed by atoms with Gasteiger partial charge in [-0.1, -0.05) is 97.8 Å². The fourth-order valence-corrected chi connectivity index (χ4v) is 13.8. The van der Waals surface area contributed by atoms with Crippen molar-refractivity contribution in [1.82, 2.24) is 9.47 Å². The molecule has 1 saturated heterocycles.